The molecule has 0 aromatic carbocycles. The molecule has 14 heavy (non-hydrogen) atoms. The summed E-state index contributed by atoms with van der Waals surface area (Å²) in [5.74, 6) is 0.440. The van der Waals surface area contributed by atoms with Gasteiger partial charge in [0, 0.05) is 11.9 Å². The number of nitrogens with one attached hydrogen (secondary N) is 1. The van der Waals surface area contributed by atoms with E-state index >= 15 is 0 Å². The van der Waals surface area contributed by atoms with Crippen LogP contribution in [-0.4, -0.2) is 17.4 Å². The van der Waals surface area contributed by atoms with E-state index < -0.39 is 0 Å². The van der Waals surface area contributed by atoms with Gasteiger partial charge in [-0.25, -0.2) is 4.98 Å². The highest BCUT2D eigenvalue weighted by Crippen LogP contribution is 2.11. The Balaban J connectivity index is 2.39. The molecule has 1 N–H and O–H groups in total. The first kappa shape index (κ1) is 11.5. The van der Waals surface area contributed by atoms with Crippen LogP contribution in [0.1, 0.15) is 24.0 Å². The van der Waals surface area contributed by atoms with E-state index in [2.05, 4.69) is 10.3 Å². The van der Waals surface area contributed by atoms with Gasteiger partial charge < -0.3 is 5.32 Å². The Bertz CT molecular complexity index is 301. The Morgan fingerprint density at radius 3 is 3.07 bits per heavy atom. The molecule has 0 saturated heterocycles. The van der Waals surface area contributed by atoms with Crippen LogP contribution in [0.15, 0.2) is 5.38 Å². The molecular weight excluding hydrogens is 220 g/mol. The third kappa shape index (κ3) is 3.64. The Morgan fingerprint density at radius 1 is 1.71 bits per heavy atom. The monoisotopic (exact) mass is 232 g/mol. The third-order valence-electron chi connectivity index (χ3n) is 1.62. The zero-order chi connectivity index (χ0) is 10.4. The number of alkyl halides is 1. The first-order chi connectivity index (χ1) is 6.76. The van der Waals surface area contributed by atoms with Crippen LogP contribution in [-0.2, 0) is 17.1 Å². The Hall–Kier alpha value is -0.610. The van der Waals surface area contributed by atoms with Crippen molar-refractivity contribution < 1.29 is 4.79 Å². The Labute approximate surface area is 92.5 Å². The lowest BCUT2D eigenvalue weighted by atomic mass is 10.4. The highest BCUT2D eigenvalue weighted by Gasteiger charge is 2.06. The molecular formula is C9H13ClN2OS. The van der Waals surface area contributed by atoms with Gasteiger partial charge in [0.1, 0.15) is 5.01 Å². The second-order valence-electron chi connectivity index (χ2n) is 2.89. The predicted molar refractivity (Wildman–Crippen MR) is 58.7 cm³/mol. The number of hydrogen-bond acceptors (Lipinski definition) is 3. The largest absolute Gasteiger partial charge is 0.356 e. The van der Waals surface area contributed by atoms with Gasteiger partial charge in [-0.05, 0) is 6.42 Å². The number of hydrogen-bond donors (Lipinski definition) is 1. The molecule has 0 aliphatic carbocycles. The smallest absolute Gasteiger partial charge is 0.226 e. The quantitative estimate of drug-likeness (QED) is 0.789. The molecule has 1 rings (SSSR count). The van der Waals surface area contributed by atoms with Gasteiger partial charge >= 0.3 is 0 Å². The maximum atomic E-state index is 11.3. The van der Waals surface area contributed by atoms with Crippen LogP contribution in [0.5, 0.6) is 0 Å². The standard InChI is InChI=1S/C9H13ClN2OS/c1-2-3-11-8(13)4-9-12-7(5-10)6-14-9/h6H,2-5H2,1H3,(H,11,13). The van der Waals surface area contributed by atoms with Crippen molar-refractivity contribution in [2.45, 2.75) is 25.6 Å². The van der Waals surface area contributed by atoms with E-state index in [9.17, 15) is 4.79 Å². The topological polar surface area (TPSA) is 42.0 Å². The normalized spacial score (nSPS) is 10.1. The third-order valence-corrected chi connectivity index (χ3v) is 2.79. The molecule has 0 saturated carbocycles. The molecule has 78 valence electrons. The van der Waals surface area contributed by atoms with Crippen LogP contribution in [0.25, 0.3) is 0 Å². The minimum absolute atomic E-state index is 0.0299. The first-order valence-electron chi connectivity index (χ1n) is 4.52. The van der Waals surface area contributed by atoms with Crippen LogP contribution in [0.4, 0.5) is 0 Å². The minimum atomic E-state index is 0.0299. The van der Waals surface area contributed by atoms with Crippen molar-refractivity contribution in [3.05, 3.63) is 16.1 Å². The van der Waals surface area contributed by atoms with E-state index in [4.69, 9.17) is 11.6 Å². The van der Waals surface area contributed by atoms with Crippen molar-refractivity contribution in [1.82, 2.24) is 10.3 Å². The van der Waals surface area contributed by atoms with Crippen molar-refractivity contribution in [2.75, 3.05) is 6.54 Å². The number of halogens is 1. The summed E-state index contributed by atoms with van der Waals surface area (Å²) in [5, 5.41) is 5.52. The molecule has 0 atom stereocenters. The number of carbonyl (C=O) groups is 1. The van der Waals surface area contributed by atoms with E-state index in [1.54, 1.807) is 0 Å². The second kappa shape index (κ2) is 5.98. The van der Waals surface area contributed by atoms with Crippen LogP contribution in [0, 0.1) is 0 Å². The highest BCUT2D eigenvalue weighted by atomic mass is 35.5. The van der Waals surface area contributed by atoms with Gasteiger partial charge in [0.15, 0.2) is 0 Å². The average Bonchev–Trinajstić information content (AvgIpc) is 2.62. The highest BCUT2D eigenvalue weighted by molar-refractivity contribution is 7.09. The molecule has 1 aromatic heterocycles. The minimum Gasteiger partial charge on any atom is -0.356 e. The summed E-state index contributed by atoms with van der Waals surface area (Å²) in [6, 6.07) is 0. The van der Waals surface area contributed by atoms with Gasteiger partial charge in [-0.3, -0.25) is 4.79 Å². The van der Waals surface area contributed by atoms with E-state index in [-0.39, 0.29) is 5.91 Å². The molecule has 1 heterocycles. The Kier molecular flexibility index (Phi) is 4.90. The van der Waals surface area contributed by atoms with Crippen LogP contribution < -0.4 is 5.32 Å². The summed E-state index contributed by atoms with van der Waals surface area (Å²) in [6.45, 7) is 2.75. The van der Waals surface area contributed by atoms with E-state index in [0.717, 1.165) is 23.7 Å². The fraction of sp³-hybridized carbons (Fsp3) is 0.556. The lowest BCUT2D eigenvalue weighted by Crippen LogP contribution is -2.25. The molecule has 3 nitrogen and oxygen atoms in total. The molecule has 0 bridgehead atoms. The molecule has 0 spiro atoms. The van der Waals surface area contributed by atoms with E-state index in [1.807, 2.05) is 12.3 Å². The molecule has 0 aliphatic rings. The number of thiazole rings is 1. The van der Waals surface area contributed by atoms with Gasteiger partial charge in [-0.1, -0.05) is 6.92 Å². The summed E-state index contributed by atoms with van der Waals surface area (Å²) in [4.78, 5) is 15.5. The van der Waals surface area contributed by atoms with Crippen LogP contribution in [0.3, 0.4) is 0 Å². The maximum absolute atomic E-state index is 11.3. The predicted octanol–water partition coefficient (Wildman–Crippen LogP) is 1.95. The zero-order valence-electron chi connectivity index (χ0n) is 8.05. The van der Waals surface area contributed by atoms with Crippen molar-refractivity contribution in [3.63, 3.8) is 0 Å². The molecule has 5 heteroatoms. The number of nitrogens with zero attached hydrogens (tertiary/aromatic N) is 1. The average molecular weight is 233 g/mol. The summed E-state index contributed by atoms with van der Waals surface area (Å²) in [7, 11) is 0. The van der Waals surface area contributed by atoms with Gasteiger partial charge in [-0.2, -0.15) is 0 Å². The number of carbonyl (C=O) groups excluding carboxylic acids is 1. The first-order valence-corrected chi connectivity index (χ1v) is 5.93. The fourth-order valence-corrected chi connectivity index (χ4v) is 1.98. The molecule has 0 fully saturated rings. The lowest BCUT2D eigenvalue weighted by Gasteiger charge is -1.99. The fourth-order valence-electron chi connectivity index (χ4n) is 0.956. The second-order valence-corrected chi connectivity index (χ2v) is 4.10. The van der Waals surface area contributed by atoms with Gasteiger partial charge in [0.05, 0.1) is 18.0 Å². The van der Waals surface area contributed by atoms with Gasteiger partial charge in [-0.15, -0.1) is 22.9 Å². The number of rotatable bonds is 5. The van der Waals surface area contributed by atoms with E-state index in [1.165, 1.54) is 11.3 Å². The van der Waals surface area contributed by atoms with Crippen LogP contribution >= 0.6 is 22.9 Å². The Morgan fingerprint density at radius 2 is 2.50 bits per heavy atom. The summed E-state index contributed by atoms with van der Waals surface area (Å²) < 4.78 is 0. The summed E-state index contributed by atoms with van der Waals surface area (Å²) >= 11 is 7.08. The number of amides is 1. The summed E-state index contributed by atoms with van der Waals surface area (Å²) in [6.07, 6.45) is 1.32. The van der Waals surface area contributed by atoms with E-state index in [0.29, 0.717) is 12.3 Å². The van der Waals surface area contributed by atoms with Crippen molar-refractivity contribution >= 4 is 28.8 Å². The molecule has 1 aromatic rings. The van der Waals surface area contributed by atoms with Crippen molar-refractivity contribution in [3.8, 4) is 0 Å². The lowest BCUT2D eigenvalue weighted by molar-refractivity contribution is -0.120. The SMILES string of the molecule is CCCNC(=O)Cc1nc(CCl)cs1. The van der Waals surface area contributed by atoms with Gasteiger partial charge in [0.2, 0.25) is 5.91 Å². The van der Waals surface area contributed by atoms with Crippen molar-refractivity contribution in [1.29, 1.82) is 0 Å². The maximum Gasteiger partial charge on any atom is 0.226 e. The summed E-state index contributed by atoms with van der Waals surface area (Å²) in [5.41, 5.74) is 0.843. The zero-order valence-corrected chi connectivity index (χ0v) is 9.62. The van der Waals surface area contributed by atoms with Crippen molar-refractivity contribution in [2.24, 2.45) is 0 Å². The molecule has 1 amide bonds. The molecule has 0 unspecified atom stereocenters. The molecule has 0 radical (unpaired) electrons. The van der Waals surface area contributed by atoms with Crippen LogP contribution in [0.2, 0.25) is 0 Å². The van der Waals surface area contributed by atoms with Gasteiger partial charge in [0.25, 0.3) is 0 Å². The number of aromatic nitrogens is 1. The molecule has 0 aliphatic heterocycles.